The molecule has 1 saturated heterocycles. The van der Waals surface area contributed by atoms with Gasteiger partial charge >= 0.3 is 7.12 Å². The molecule has 162 valence electrons. The second kappa shape index (κ2) is 7.92. The number of unbranched alkanes of at least 4 members (excludes halogenated alkanes) is 1. The first-order valence-corrected chi connectivity index (χ1v) is 11.1. The Hall–Kier alpha value is -2.44. The minimum atomic E-state index is -0.477. The molecule has 0 N–H and O–H groups in total. The van der Waals surface area contributed by atoms with E-state index in [-0.39, 0.29) is 5.56 Å². The molecule has 0 unspecified atom stereocenters. The molecule has 2 aromatic carbocycles. The van der Waals surface area contributed by atoms with E-state index in [2.05, 4.69) is 11.9 Å². The number of fused-ring (bicyclic) bond motifs is 1. The fourth-order valence-electron chi connectivity index (χ4n) is 4.00. The molecule has 1 aliphatic rings. The van der Waals surface area contributed by atoms with Gasteiger partial charge in [-0.05, 0) is 82.2 Å². The summed E-state index contributed by atoms with van der Waals surface area (Å²) in [6.45, 7) is 12.3. The second-order valence-corrected chi connectivity index (χ2v) is 9.45. The maximum atomic E-state index is 13.3. The topological polar surface area (TPSA) is 53.4 Å². The molecular weight excluding hydrogens is 387 g/mol. The summed E-state index contributed by atoms with van der Waals surface area (Å²) in [7, 11) is -0.477. The van der Waals surface area contributed by atoms with Crippen molar-refractivity contribution in [2.75, 3.05) is 0 Å². The fourth-order valence-corrected chi connectivity index (χ4v) is 4.00. The Morgan fingerprint density at radius 2 is 1.77 bits per heavy atom. The van der Waals surface area contributed by atoms with Gasteiger partial charge in [0.1, 0.15) is 6.33 Å². The third kappa shape index (κ3) is 3.83. The van der Waals surface area contributed by atoms with Crippen molar-refractivity contribution in [2.24, 2.45) is 0 Å². The molecule has 0 spiro atoms. The quantitative estimate of drug-likeness (QED) is 0.579. The third-order valence-corrected chi connectivity index (χ3v) is 6.76. The Kier molecular flexibility index (Phi) is 5.56. The van der Waals surface area contributed by atoms with E-state index < -0.39 is 18.3 Å². The van der Waals surface area contributed by atoms with Gasteiger partial charge in [0, 0.05) is 0 Å². The lowest BCUT2D eigenvalue weighted by atomic mass is 9.76. The van der Waals surface area contributed by atoms with Gasteiger partial charge in [-0.1, -0.05) is 31.5 Å². The van der Waals surface area contributed by atoms with Crippen molar-refractivity contribution in [3.63, 3.8) is 0 Å². The summed E-state index contributed by atoms with van der Waals surface area (Å²) in [6.07, 6.45) is 4.91. The Morgan fingerprint density at radius 3 is 2.45 bits per heavy atom. The Balaban J connectivity index is 1.74. The van der Waals surface area contributed by atoms with E-state index in [4.69, 9.17) is 9.31 Å². The van der Waals surface area contributed by atoms with Crippen LogP contribution in [-0.2, 0) is 15.7 Å². The summed E-state index contributed by atoms with van der Waals surface area (Å²) in [5.74, 6) is 0. The molecule has 0 atom stereocenters. The van der Waals surface area contributed by atoms with Crippen molar-refractivity contribution in [2.45, 2.75) is 72.0 Å². The van der Waals surface area contributed by atoms with Crippen LogP contribution in [0.3, 0.4) is 0 Å². The first kappa shape index (κ1) is 21.8. The van der Waals surface area contributed by atoms with Crippen LogP contribution in [0.25, 0.3) is 16.6 Å². The van der Waals surface area contributed by atoms with E-state index in [1.165, 1.54) is 5.56 Å². The molecule has 0 amide bonds. The normalized spacial score (nSPS) is 17.4. The van der Waals surface area contributed by atoms with E-state index in [0.717, 1.165) is 41.5 Å². The molecule has 0 bridgehead atoms. The maximum Gasteiger partial charge on any atom is 0.495 e. The van der Waals surface area contributed by atoms with Crippen LogP contribution in [0.5, 0.6) is 0 Å². The number of benzene rings is 2. The molecular formula is C25H31BN2O3. The van der Waals surface area contributed by atoms with Crippen LogP contribution in [0.15, 0.2) is 47.5 Å². The van der Waals surface area contributed by atoms with Gasteiger partial charge in [-0.2, -0.15) is 0 Å². The molecule has 1 fully saturated rings. The molecule has 0 aliphatic carbocycles. The molecule has 0 radical (unpaired) electrons. The molecule has 6 heteroatoms. The maximum absolute atomic E-state index is 13.3. The molecule has 1 aliphatic heterocycles. The minimum absolute atomic E-state index is 0.0683. The van der Waals surface area contributed by atoms with Crippen LogP contribution >= 0.6 is 0 Å². The molecule has 1 aromatic heterocycles. The van der Waals surface area contributed by atoms with Crippen LogP contribution in [0.2, 0.25) is 0 Å². The largest absolute Gasteiger partial charge is 0.495 e. The van der Waals surface area contributed by atoms with E-state index in [1.54, 1.807) is 10.9 Å². The predicted molar refractivity (Wildman–Crippen MR) is 126 cm³/mol. The van der Waals surface area contributed by atoms with E-state index in [0.29, 0.717) is 5.39 Å². The van der Waals surface area contributed by atoms with Gasteiger partial charge in [0.25, 0.3) is 5.56 Å². The highest BCUT2D eigenvalue weighted by Crippen LogP contribution is 2.36. The molecule has 5 nitrogen and oxygen atoms in total. The van der Waals surface area contributed by atoms with Crippen LogP contribution < -0.4 is 11.0 Å². The molecule has 3 aromatic rings. The van der Waals surface area contributed by atoms with Gasteiger partial charge in [0.2, 0.25) is 0 Å². The highest BCUT2D eigenvalue weighted by Gasteiger charge is 2.52. The number of aryl methyl sites for hydroxylation is 1. The van der Waals surface area contributed by atoms with E-state index in [9.17, 15) is 4.79 Å². The number of hydrogen-bond donors (Lipinski definition) is 0. The first-order chi connectivity index (χ1) is 14.6. The number of hydrogen-bond acceptors (Lipinski definition) is 4. The standard InChI is InChI=1S/C25H31BN2O3/c1-7-8-10-18-13-14-19-21(15-18)27-16-28(23(19)29)22-12-9-11-20(17(22)2)26-30-24(3,4)25(5,6)31-26/h9,11-16H,7-8,10H2,1-6H3. The average Bonchev–Trinajstić information content (AvgIpc) is 2.94. The van der Waals surface area contributed by atoms with Gasteiger partial charge in [-0.15, -0.1) is 0 Å². The van der Waals surface area contributed by atoms with Crippen molar-refractivity contribution in [3.8, 4) is 5.69 Å². The van der Waals surface area contributed by atoms with Crippen molar-refractivity contribution in [3.05, 3.63) is 64.2 Å². The molecule has 0 saturated carbocycles. The lowest BCUT2D eigenvalue weighted by molar-refractivity contribution is 0.00578. The second-order valence-electron chi connectivity index (χ2n) is 9.45. The Bertz CT molecular complexity index is 1170. The van der Waals surface area contributed by atoms with Crippen molar-refractivity contribution in [1.29, 1.82) is 0 Å². The van der Waals surface area contributed by atoms with E-state index in [1.807, 2.05) is 71.0 Å². The lowest BCUT2D eigenvalue weighted by Crippen LogP contribution is -2.41. The fraction of sp³-hybridized carbons (Fsp3) is 0.440. The molecule has 31 heavy (non-hydrogen) atoms. The van der Waals surface area contributed by atoms with Crippen LogP contribution in [0.4, 0.5) is 0 Å². The summed E-state index contributed by atoms with van der Waals surface area (Å²) in [6, 6.07) is 11.9. The predicted octanol–water partition coefficient (Wildman–Crippen LogP) is 4.34. The van der Waals surface area contributed by atoms with Gasteiger partial charge in [0.15, 0.2) is 0 Å². The number of nitrogens with zero attached hydrogens (tertiary/aromatic N) is 2. The van der Waals surface area contributed by atoms with Crippen LogP contribution in [0, 0.1) is 6.92 Å². The zero-order chi connectivity index (χ0) is 22.4. The number of rotatable bonds is 5. The van der Waals surface area contributed by atoms with Gasteiger partial charge in [0.05, 0.1) is 27.8 Å². The van der Waals surface area contributed by atoms with Crippen molar-refractivity contribution >= 4 is 23.5 Å². The third-order valence-electron chi connectivity index (χ3n) is 6.76. The van der Waals surface area contributed by atoms with E-state index >= 15 is 0 Å². The molecule has 2 heterocycles. The van der Waals surface area contributed by atoms with Crippen molar-refractivity contribution in [1.82, 2.24) is 9.55 Å². The first-order valence-electron chi connectivity index (χ1n) is 11.1. The summed E-state index contributed by atoms with van der Waals surface area (Å²) >= 11 is 0. The number of aromatic nitrogens is 2. The monoisotopic (exact) mass is 418 g/mol. The smallest absolute Gasteiger partial charge is 0.399 e. The Morgan fingerprint density at radius 1 is 1.06 bits per heavy atom. The minimum Gasteiger partial charge on any atom is -0.399 e. The van der Waals surface area contributed by atoms with Gasteiger partial charge < -0.3 is 9.31 Å². The van der Waals surface area contributed by atoms with Gasteiger partial charge in [-0.25, -0.2) is 4.98 Å². The zero-order valence-corrected chi connectivity index (χ0v) is 19.4. The average molecular weight is 418 g/mol. The zero-order valence-electron chi connectivity index (χ0n) is 19.4. The summed E-state index contributed by atoms with van der Waals surface area (Å²) in [5, 5.41) is 0.628. The highest BCUT2D eigenvalue weighted by atomic mass is 16.7. The lowest BCUT2D eigenvalue weighted by Gasteiger charge is -2.32. The molecule has 4 rings (SSSR count). The highest BCUT2D eigenvalue weighted by molar-refractivity contribution is 6.62. The summed E-state index contributed by atoms with van der Waals surface area (Å²) in [5.41, 5.74) is 3.73. The van der Waals surface area contributed by atoms with Crippen LogP contribution in [0.1, 0.15) is 58.6 Å². The van der Waals surface area contributed by atoms with Crippen LogP contribution in [-0.4, -0.2) is 27.9 Å². The summed E-state index contributed by atoms with van der Waals surface area (Å²) < 4.78 is 14.1. The SMILES string of the molecule is CCCCc1ccc2c(=O)n(-c3cccc(B4OC(C)(C)C(C)(C)O4)c3C)cnc2c1. The Labute approximate surface area is 184 Å². The van der Waals surface area contributed by atoms with Crippen molar-refractivity contribution < 1.29 is 9.31 Å². The van der Waals surface area contributed by atoms with Gasteiger partial charge in [-0.3, -0.25) is 9.36 Å². The summed E-state index contributed by atoms with van der Waals surface area (Å²) in [4.78, 5) is 17.9.